The van der Waals surface area contributed by atoms with Crippen LogP contribution in [0.25, 0.3) is 16.9 Å². The minimum Gasteiger partial charge on any atom is -0.490 e. The molecule has 42 heavy (non-hydrogen) atoms. The number of benzene rings is 1. The summed E-state index contributed by atoms with van der Waals surface area (Å²) in [5.74, 6) is -0.792. The van der Waals surface area contributed by atoms with Crippen LogP contribution in [0.3, 0.4) is 0 Å². The Morgan fingerprint density at radius 2 is 1.90 bits per heavy atom. The zero-order valence-electron chi connectivity index (χ0n) is 22.7. The second kappa shape index (κ2) is 9.95. The van der Waals surface area contributed by atoms with E-state index in [1.807, 2.05) is 13.8 Å². The molecule has 3 aromatic heterocycles. The van der Waals surface area contributed by atoms with Crippen molar-refractivity contribution in [2.45, 2.75) is 56.2 Å². The van der Waals surface area contributed by atoms with Crippen molar-refractivity contribution >= 4 is 23.2 Å². The van der Waals surface area contributed by atoms with Crippen molar-refractivity contribution in [3.05, 3.63) is 82.1 Å². The van der Waals surface area contributed by atoms with Crippen LogP contribution in [0.4, 0.5) is 17.6 Å². The molecule has 4 heterocycles. The fourth-order valence-corrected chi connectivity index (χ4v) is 5.42. The molecule has 0 unspecified atom stereocenters. The highest BCUT2D eigenvalue weighted by Gasteiger charge is 2.57. The van der Waals surface area contributed by atoms with Crippen molar-refractivity contribution in [1.82, 2.24) is 19.7 Å². The molecule has 2 aliphatic rings. The van der Waals surface area contributed by atoms with E-state index in [9.17, 15) is 27.5 Å². The summed E-state index contributed by atoms with van der Waals surface area (Å²) < 4.78 is 65.1. The Bertz CT molecular complexity index is 1700. The first-order valence-corrected chi connectivity index (χ1v) is 13.9. The van der Waals surface area contributed by atoms with Crippen molar-refractivity contribution in [2.75, 3.05) is 13.2 Å². The number of alkyl halides is 3. The molecule has 1 aliphatic carbocycles. The van der Waals surface area contributed by atoms with E-state index < -0.39 is 41.2 Å². The van der Waals surface area contributed by atoms with Crippen LogP contribution >= 0.6 is 11.6 Å². The van der Waals surface area contributed by atoms with E-state index in [2.05, 4.69) is 15.3 Å². The van der Waals surface area contributed by atoms with E-state index in [1.165, 1.54) is 30.5 Å². The fraction of sp³-hybridized carbons (Fsp3) is 0.367. The average molecular weight is 603 g/mol. The maximum atomic E-state index is 14.7. The molecular formula is C30H27ClF4N4O3. The number of hydrogen-bond acceptors (Lipinski definition) is 5. The van der Waals surface area contributed by atoms with Crippen LogP contribution < -0.4 is 10.1 Å². The van der Waals surface area contributed by atoms with Crippen molar-refractivity contribution in [3.63, 3.8) is 0 Å². The largest absolute Gasteiger partial charge is 0.490 e. The number of fused-ring (bicyclic) bond motifs is 2. The third-order valence-electron chi connectivity index (χ3n) is 8.24. The molecule has 6 rings (SSSR count). The number of nitrogens with zero attached hydrogens (tertiary/aromatic N) is 3. The summed E-state index contributed by atoms with van der Waals surface area (Å²) in [6.07, 6.45) is 0.510. The zero-order chi connectivity index (χ0) is 30.0. The van der Waals surface area contributed by atoms with Gasteiger partial charge in [-0.25, -0.2) is 14.4 Å². The molecule has 7 nitrogen and oxygen atoms in total. The lowest BCUT2D eigenvalue weighted by molar-refractivity contribution is -0.265. The predicted molar refractivity (Wildman–Crippen MR) is 147 cm³/mol. The summed E-state index contributed by atoms with van der Waals surface area (Å²) in [6.45, 7) is 2.69. The quantitative estimate of drug-likeness (QED) is 0.242. The van der Waals surface area contributed by atoms with Gasteiger partial charge in [0.2, 0.25) is 5.60 Å². The van der Waals surface area contributed by atoms with Crippen molar-refractivity contribution in [1.29, 1.82) is 0 Å². The van der Waals surface area contributed by atoms with Gasteiger partial charge in [-0.1, -0.05) is 25.4 Å². The third-order valence-corrected chi connectivity index (χ3v) is 8.51. The standard InChI is InChI=1S/C30H27ClF4N4O3/c1-3-28(2)15-42-25-20(28)11-23(38-24(25)17-6-8-19(32)9-7-17)29(41,30(33,34)35)14-36-27(40)18-10-21(31)26-37-22(16-4-5-16)13-39(26)12-18/h6-13,16,41H,3-5,14-15H2,1-2H3,(H,36,40)/t28-,29+/m1/s1. The molecule has 1 saturated carbocycles. The summed E-state index contributed by atoms with van der Waals surface area (Å²) in [5, 5.41) is 13.7. The number of aliphatic hydroxyl groups is 1. The molecular weight excluding hydrogens is 576 g/mol. The molecule has 12 heteroatoms. The van der Waals surface area contributed by atoms with E-state index in [0.29, 0.717) is 29.1 Å². The van der Waals surface area contributed by atoms with Gasteiger partial charge < -0.3 is 19.6 Å². The van der Waals surface area contributed by atoms with Gasteiger partial charge in [-0.2, -0.15) is 13.2 Å². The maximum absolute atomic E-state index is 14.7. The SMILES string of the molecule is CC[C@]1(C)COc2c1cc([C@@](O)(CNC(=O)c1cc(Cl)c3nc(C4CC4)cn3c1)C(F)(F)F)nc2-c1ccc(F)cc1. The van der Waals surface area contributed by atoms with Gasteiger partial charge in [0.05, 0.1) is 35.1 Å². The second-order valence-electron chi connectivity index (χ2n) is 11.2. The lowest BCUT2D eigenvalue weighted by Crippen LogP contribution is -2.51. The van der Waals surface area contributed by atoms with Crippen LogP contribution in [0.5, 0.6) is 5.75 Å². The lowest BCUT2D eigenvalue weighted by atomic mass is 9.80. The van der Waals surface area contributed by atoms with Crippen LogP contribution in [0, 0.1) is 5.82 Å². The van der Waals surface area contributed by atoms with Gasteiger partial charge in [0, 0.05) is 34.9 Å². The number of nitrogens with one attached hydrogen (secondary N) is 1. The number of amides is 1. The number of carbonyl (C=O) groups is 1. The Kier molecular flexibility index (Phi) is 6.73. The molecule has 0 spiro atoms. The van der Waals surface area contributed by atoms with Gasteiger partial charge in [0.15, 0.2) is 5.65 Å². The lowest BCUT2D eigenvalue weighted by Gasteiger charge is -2.31. The van der Waals surface area contributed by atoms with Gasteiger partial charge >= 0.3 is 6.18 Å². The molecule has 1 aliphatic heterocycles. The van der Waals surface area contributed by atoms with Crippen LogP contribution in [-0.2, 0) is 11.0 Å². The number of imidazole rings is 1. The number of ether oxygens (including phenoxy) is 1. The Hall–Kier alpha value is -3.70. The number of carbonyl (C=O) groups excluding carboxylic acids is 1. The molecule has 2 atom stereocenters. The minimum absolute atomic E-state index is 0.00218. The number of hydrogen-bond donors (Lipinski definition) is 2. The van der Waals surface area contributed by atoms with E-state index in [1.54, 1.807) is 10.6 Å². The summed E-state index contributed by atoms with van der Waals surface area (Å²) in [7, 11) is 0. The molecule has 0 saturated heterocycles. The fourth-order valence-electron chi connectivity index (χ4n) is 5.17. The monoisotopic (exact) mass is 602 g/mol. The van der Waals surface area contributed by atoms with Gasteiger partial charge in [-0.05, 0) is 55.7 Å². The summed E-state index contributed by atoms with van der Waals surface area (Å²) in [4.78, 5) is 21.8. The summed E-state index contributed by atoms with van der Waals surface area (Å²) in [6, 6.07) is 7.60. The van der Waals surface area contributed by atoms with Crippen LogP contribution in [0.1, 0.15) is 66.3 Å². The topological polar surface area (TPSA) is 88.8 Å². The van der Waals surface area contributed by atoms with E-state index in [-0.39, 0.29) is 28.6 Å². The minimum atomic E-state index is -5.23. The van der Waals surface area contributed by atoms with E-state index in [4.69, 9.17) is 16.3 Å². The molecule has 1 aromatic carbocycles. The molecule has 1 fully saturated rings. The number of aromatic nitrogens is 3. The highest BCUT2D eigenvalue weighted by atomic mass is 35.5. The maximum Gasteiger partial charge on any atom is 0.424 e. The smallest absolute Gasteiger partial charge is 0.424 e. The first kappa shape index (κ1) is 28.4. The molecule has 2 N–H and O–H groups in total. The number of pyridine rings is 2. The second-order valence-corrected chi connectivity index (χ2v) is 11.6. The Morgan fingerprint density at radius 3 is 2.55 bits per heavy atom. The van der Waals surface area contributed by atoms with Gasteiger partial charge in [0.25, 0.3) is 5.91 Å². The van der Waals surface area contributed by atoms with Crippen molar-refractivity contribution < 1.29 is 32.2 Å². The Balaban J connectivity index is 1.38. The Morgan fingerprint density at radius 1 is 1.19 bits per heavy atom. The Labute approximate surface area is 243 Å². The molecule has 1 amide bonds. The normalized spacial score (nSPS) is 19.8. The van der Waals surface area contributed by atoms with Gasteiger partial charge in [-0.3, -0.25) is 4.79 Å². The van der Waals surface area contributed by atoms with Crippen molar-refractivity contribution in [3.8, 4) is 17.0 Å². The van der Waals surface area contributed by atoms with Crippen LogP contribution in [0.15, 0.2) is 48.8 Å². The van der Waals surface area contributed by atoms with Gasteiger partial charge in [0.1, 0.15) is 17.3 Å². The van der Waals surface area contributed by atoms with Crippen LogP contribution in [0.2, 0.25) is 5.02 Å². The first-order valence-electron chi connectivity index (χ1n) is 13.5. The highest BCUT2D eigenvalue weighted by Crippen LogP contribution is 2.48. The number of rotatable bonds is 7. The molecule has 0 radical (unpaired) electrons. The van der Waals surface area contributed by atoms with E-state index >= 15 is 0 Å². The van der Waals surface area contributed by atoms with Crippen molar-refractivity contribution in [2.24, 2.45) is 0 Å². The number of halogens is 5. The van der Waals surface area contributed by atoms with Gasteiger partial charge in [-0.15, -0.1) is 0 Å². The van der Waals surface area contributed by atoms with Crippen LogP contribution in [-0.4, -0.2) is 44.7 Å². The highest BCUT2D eigenvalue weighted by molar-refractivity contribution is 6.33. The summed E-state index contributed by atoms with van der Waals surface area (Å²) in [5.41, 5.74) is -2.86. The molecule has 4 aromatic rings. The zero-order valence-corrected chi connectivity index (χ0v) is 23.5. The molecule has 220 valence electrons. The van der Waals surface area contributed by atoms with E-state index in [0.717, 1.165) is 30.7 Å². The first-order chi connectivity index (χ1) is 19.8. The molecule has 0 bridgehead atoms. The summed E-state index contributed by atoms with van der Waals surface area (Å²) >= 11 is 6.35. The average Bonchev–Trinajstić information content (AvgIpc) is 3.63. The third kappa shape index (κ3) is 4.78. The predicted octanol–water partition coefficient (Wildman–Crippen LogP) is 6.31.